The maximum atomic E-state index is 12.7. The molecule has 0 aliphatic carbocycles. The molecule has 1 aliphatic rings. The van der Waals surface area contributed by atoms with Crippen molar-refractivity contribution in [3.05, 3.63) is 29.8 Å². The van der Waals surface area contributed by atoms with Crippen LogP contribution in [-0.2, 0) is 16.0 Å². The van der Waals surface area contributed by atoms with Gasteiger partial charge in [-0.15, -0.1) is 0 Å². The molecule has 1 aromatic carbocycles. The van der Waals surface area contributed by atoms with Crippen LogP contribution in [0.5, 0.6) is 0 Å². The lowest BCUT2D eigenvalue weighted by Crippen LogP contribution is -2.39. The Morgan fingerprint density at radius 2 is 2.04 bits per heavy atom. The molecule has 2 rings (SSSR count). The van der Waals surface area contributed by atoms with Crippen LogP contribution in [0.15, 0.2) is 29.2 Å². The lowest BCUT2D eigenvalue weighted by Gasteiger charge is -2.30. The number of benzene rings is 1. The Labute approximate surface area is 138 Å². The fraction of sp³-hybridized carbons (Fsp3) is 0.533. The third-order valence-corrected chi connectivity index (χ3v) is 5.85. The highest BCUT2D eigenvalue weighted by atomic mass is 32.2. The average molecular weight is 365 g/mol. The van der Waals surface area contributed by atoms with E-state index < -0.39 is 27.7 Å². The van der Waals surface area contributed by atoms with Crippen molar-refractivity contribution in [3.8, 4) is 0 Å². The molecular formula is C15H18F3NO4S. The number of nitrogens with zero attached hydrogens (tertiary/aromatic N) is 1. The highest BCUT2D eigenvalue weighted by molar-refractivity contribution is 7.91. The number of carboxylic acid groups (broad SMARTS) is 1. The van der Waals surface area contributed by atoms with Crippen LogP contribution in [0.2, 0.25) is 0 Å². The summed E-state index contributed by atoms with van der Waals surface area (Å²) < 4.78 is 62.6. The highest BCUT2D eigenvalue weighted by Gasteiger charge is 2.32. The quantitative estimate of drug-likeness (QED) is 0.889. The summed E-state index contributed by atoms with van der Waals surface area (Å²) in [5, 5.41) is 8.97. The summed E-state index contributed by atoms with van der Waals surface area (Å²) in [6.07, 6.45) is -4.05. The molecule has 1 heterocycles. The predicted octanol–water partition coefficient (Wildman–Crippen LogP) is 3.26. The number of amides is 1. The topological polar surface area (TPSA) is 74.7 Å². The second-order valence-corrected chi connectivity index (χ2v) is 7.98. The van der Waals surface area contributed by atoms with Gasteiger partial charge >= 0.3 is 12.3 Å². The molecule has 9 heteroatoms. The summed E-state index contributed by atoms with van der Waals surface area (Å²) in [4.78, 5) is 11.8. The van der Waals surface area contributed by atoms with Gasteiger partial charge in [-0.25, -0.2) is 13.2 Å². The minimum Gasteiger partial charge on any atom is -0.465 e. The Balaban J connectivity index is 2.05. The fourth-order valence-corrected chi connectivity index (χ4v) is 4.25. The maximum Gasteiger partial charge on any atom is 0.416 e. The number of carbonyl (C=O) groups is 1. The van der Waals surface area contributed by atoms with Gasteiger partial charge in [0.2, 0.25) is 0 Å². The molecule has 134 valence electrons. The summed E-state index contributed by atoms with van der Waals surface area (Å²) in [6, 6.07) is 3.68. The number of piperidine rings is 1. The van der Waals surface area contributed by atoms with E-state index in [4.69, 9.17) is 5.11 Å². The summed E-state index contributed by atoms with van der Waals surface area (Å²) in [7, 11) is -3.85. The zero-order chi connectivity index (χ0) is 18.0. The fourth-order valence-electron chi connectivity index (χ4n) is 2.78. The van der Waals surface area contributed by atoms with Crippen LogP contribution in [-0.4, -0.2) is 43.4 Å². The van der Waals surface area contributed by atoms with Gasteiger partial charge in [0.25, 0.3) is 0 Å². The zero-order valence-corrected chi connectivity index (χ0v) is 13.6. The Morgan fingerprint density at radius 1 is 1.33 bits per heavy atom. The van der Waals surface area contributed by atoms with Crippen molar-refractivity contribution in [1.29, 1.82) is 0 Å². The third-order valence-electron chi connectivity index (χ3n) is 4.10. The first-order valence-electron chi connectivity index (χ1n) is 7.47. The van der Waals surface area contributed by atoms with Crippen molar-refractivity contribution in [1.82, 2.24) is 4.90 Å². The van der Waals surface area contributed by atoms with Gasteiger partial charge in [-0.3, -0.25) is 0 Å². The van der Waals surface area contributed by atoms with Gasteiger partial charge < -0.3 is 10.0 Å². The summed E-state index contributed by atoms with van der Waals surface area (Å²) in [5.41, 5.74) is -1.00. The van der Waals surface area contributed by atoms with E-state index in [-0.39, 0.29) is 29.5 Å². The number of hydrogen-bond acceptors (Lipinski definition) is 3. The molecule has 24 heavy (non-hydrogen) atoms. The van der Waals surface area contributed by atoms with Crippen molar-refractivity contribution in [2.45, 2.75) is 30.3 Å². The van der Waals surface area contributed by atoms with E-state index in [1.54, 1.807) is 0 Å². The molecule has 0 radical (unpaired) electrons. The van der Waals surface area contributed by atoms with Crippen molar-refractivity contribution >= 4 is 15.9 Å². The standard InChI is InChI=1S/C15H18F3NO4S/c16-15(17,18)12-4-1-5-13(9-12)24(22,23)8-6-11-3-2-7-19(10-11)14(20)21/h1,4-5,9,11H,2-3,6-8,10H2,(H,20,21). The van der Waals surface area contributed by atoms with Crippen LogP contribution in [0.3, 0.4) is 0 Å². The minimum atomic E-state index is -4.60. The van der Waals surface area contributed by atoms with Crippen LogP contribution in [0.25, 0.3) is 0 Å². The molecule has 1 fully saturated rings. The van der Waals surface area contributed by atoms with E-state index in [9.17, 15) is 26.4 Å². The molecule has 1 amide bonds. The molecule has 1 unspecified atom stereocenters. The van der Waals surface area contributed by atoms with E-state index >= 15 is 0 Å². The van der Waals surface area contributed by atoms with Gasteiger partial charge in [0, 0.05) is 13.1 Å². The second-order valence-electron chi connectivity index (χ2n) is 5.87. The van der Waals surface area contributed by atoms with Gasteiger partial charge in [-0.2, -0.15) is 13.2 Å². The average Bonchev–Trinajstić information content (AvgIpc) is 2.53. The predicted molar refractivity (Wildman–Crippen MR) is 80.4 cm³/mol. The van der Waals surface area contributed by atoms with Gasteiger partial charge in [-0.1, -0.05) is 6.07 Å². The molecule has 1 N–H and O–H groups in total. The van der Waals surface area contributed by atoms with Gasteiger partial charge in [0.15, 0.2) is 9.84 Å². The minimum absolute atomic E-state index is 0.101. The normalized spacial score (nSPS) is 19.3. The van der Waals surface area contributed by atoms with Crippen molar-refractivity contribution in [2.24, 2.45) is 5.92 Å². The third kappa shape index (κ3) is 4.62. The van der Waals surface area contributed by atoms with E-state index in [1.165, 1.54) is 4.90 Å². The largest absolute Gasteiger partial charge is 0.465 e. The second kappa shape index (κ2) is 7.00. The van der Waals surface area contributed by atoms with E-state index in [1.807, 2.05) is 0 Å². The molecule has 0 spiro atoms. The lowest BCUT2D eigenvalue weighted by molar-refractivity contribution is -0.137. The Bertz CT molecular complexity index is 703. The van der Waals surface area contributed by atoms with E-state index in [0.717, 1.165) is 18.2 Å². The van der Waals surface area contributed by atoms with Crippen LogP contribution >= 0.6 is 0 Å². The first-order chi connectivity index (χ1) is 11.1. The number of alkyl halides is 3. The van der Waals surface area contributed by atoms with E-state index in [2.05, 4.69) is 0 Å². The smallest absolute Gasteiger partial charge is 0.416 e. The first-order valence-corrected chi connectivity index (χ1v) is 9.13. The number of sulfone groups is 1. The molecule has 5 nitrogen and oxygen atoms in total. The number of halogens is 3. The molecular weight excluding hydrogens is 347 g/mol. The molecule has 1 aromatic rings. The summed E-state index contributed by atoms with van der Waals surface area (Å²) in [6.45, 7) is 0.680. The van der Waals surface area contributed by atoms with Crippen LogP contribution in [0, 0.1) is 5.92 Å². The first kappa shape index (κ1) is 18.6. The molecule has 0 aromatic heterocycles. The highest BCUT2D eigenvalue weighted by Crippen LogP contribution is 2.31. The monoisotopic (exact) mass is 365 g/mol. The molecule has 1 atom stereocenters. The lowest BCUT2D eigenvalue weighted by atomic mass is 9.96. The molecule has 1 saturated heterocycles. The Morgan fingerprint density at radius 3 is 2.67 bits per heavy atom. The van der Waals surface area contributed by atoms with Crippen LogP contribution in [0.4, 0.5) is 18.0 Å². The molecule has 0 saturated carbocycles. The van der Waals surface area contributed by atoms with Gasteiger partial charge in [0.05, 0.1) is 16.2 Å². The number of hydrogen-bond donors (Lipinski definition) is 1. The molecule has 0 bridgehead atoms. The van der Waals surface area contributed by atoms with Crippen molar-refractivity contribution in [2.75, 3.05) is 18.8 Å². The maximum absolute atomic E-state index is 12.7. The summed E-state index contributed by atoms with van der Waals surface area (Å²) in [5.74, 6) is -0.401. The Hall–Kier alpha value is -1.77. The number of likely N-dealkylation sites (tertiary alicyclic amines) is 1. The van der Waals surface area contributed by atoms with Gasteiger partial charge in [-0.05, 0) is 43.4 Å². The van der Waals surface area contributed by atoms with Crippen LogP contribution in [0.1, 0.15) is 24.8 Å². The van der Waals surface area contributed by atoms with Crippen LogP contribution < -0.4 is 0 Å². The Kier molecular flexibility index (Phi) is 5.42. The van der Waals surface area contributed by atoms with Crippen molar-refractivity contribution in [3.63, 3.8) is 0 Å². The zero-order valence-electron chi connectivity index (χ0n) is 12.8. The van der Waals surface area contributed by atoms with Gasteiger partial charge in [0.1, 0.15) is 0 Å². The van der Waals surface area contributed by atoms with E-state index in [0.29, 0.717) is 25.5 Å². The molecule has 1 aliphatic heterocycles. The van der Waals surface area contributed by atoms with Crippen molar-refractivity contribution < 1.29 is 31.5 Å². The summed E-state index contributed by atoms with van der Waals surface area (Å²) >= 11 is 0. The number of rotatable bonds is 4. The SMILES string of the molecule is O=C(O)N1CCCC(CCS(=O)(=O)c2cccc(C(F)(F)F)c2)C1.